The van der Waals surface area contributed by atoms with Crippen LogP contribution in [-0.4, -0.2) is 17.0 Å². The molecular weight excluding hydrogens is 200 g/mol. The van der Waals surface area contributed by atoms with Gasteiger partial charge in [-0.3, -0.25) is 0 Å². The van der Waals surface area contributed by atoms with Crippen molar-refractivity contribution in [2.75, 3.05) is 5.88 Å². The molecule has 0 aliphatic carbocycles. The summed E-state index contributed by atoms with van der Waals surface area (Å²) in [7, 11) is 0. The van der Waals surface area contributed by atoms with E-state index < -0.39 is 5.97 Å². The van der Waals surface area contributed by atoms with Gasteiger partial charge >= 0.3 is 5.97 Å². The molecule has 0 saturated carbocycles. The van der Waals surface area contributed by atoms with Crippen LogP contribution in [0.1, 0.15) is 21.5 Å². The molecule has 1 aromatic rings. The van der Waals surface area contributed by atoms with Crippen LogP contribution in [0, 0.1) is 6.92 Å². The van der Waals surface area contributed by atoms with Crippen molar-refractivity contribution in [2.45, 2.75) is 6.92 Å². The van der Waals surface area contributed by atoms with Crippen LogP contribution in [-0.2, 0) is 0 Å². The highest BCUT2D eigenvalue weighted by molar-refractivity contribution is 6.19. The number of benzene rings is 1. The second-order valence-corrected chi connectivity index (χ2v) is 3.21. The number of hydrogen-bond acceptors (Lipinski definition) is 1. The van der Waals surface area contributed by atoms with Gasteiger partial charge < -0.3 is 5.11 Å². The Bertz CT molecular complexity index is 370. The SMILES string of the molecule is Cc1cccc(C=CCCl)c1C(=O)O. The zero-order valence-corrected chi connectivity index (χ0v) is 8.58. The predicted octanol–water partition coefficient (Wildman–Crippen LogP) is 2.95. The highest BCUT2D eigenvalue weighted by atomic mass is 35.5. The summed E-state index contributed by atoms with van der Waals surface area (Å²) in [5, 5.41) is 8.98. The van der Waals surface area contributed by atoms with E-state index in [0.717, 1.165) is 5.56 Å². The Morgan fingerprint density at radius 1 is 1.57 bits per heavy atom. The molecule has 0 radical (unpaired) electrons. The van der Waals surface area contributed by atoms with Crippen molar-refractivity contribution in [2.24, 2.45) is 0 Å². The van der Waals surface area contributed by atoms with E-state index >= 15 is 0 Å². The first-order valence-electron chi connectivity index (χ1n) is 4.22. The van der Waals surface area contributed by atoms with Crippen molar-refractivity contribution in [3.05, 3.63) is 41.0 Å². The van der Waals surface area contributed by atoms with Gasteiger partial charge in [-0.05, 0) is 18.1 Å². The maximum atomic E-state index is 10.9. The second kappa shape index (κ2) is 4.82. The van der Waals surface area contributed by atoms with Crippen LogP contribution >= 0.6 is 11.6 Å². The number of aryl methyl sites for hydroxylation is 1. The largest absolute Gasteiger partial charge is 0.478 e. The minimum atomic E-state index is -0.905. The molecule has 0 amide bonds. The average molecular weight is 211 g/mol. The summed E-state index contributed by atoms with van der Waals surface area (Å²) in [4.78, 5) is 10.9. The molecule has 0 atom stereocenters. The third kappa shape index (κ3) is 2.36. The van der Waals surface area contributed by atoms with E-state index in [1.54, 1.807) is 31.2 Å². The van der Waals surface area contributed by atoms with E-state index in [2.05, 4.69) is 0 Å². The maximum absolute atomic E-state index is 10.9. The second-order valence-electron chi connectivity index (χ2n) is 2.90. The first-order valence-corrected chi connectivity index (χ1v) is 4.75. The lowest BCUT2D eigenvalue weighted by atomic mass is 10.0. The topological polar surface area (TPSA) is 37.3 Å². The van der Waals surface area contributed by atoms with Crippen LogP contribution in [0.25, 0.3) is 6.08 Å². The Morgan fingerprint density at radius 2 is 2.29 bits per heavy atom. The maximum Gasteiger partial charge on any atom is 0.336 e. The van der Waals surface area contributed by atoms with Gasteiger partial charge in [0, 0.05) is 5.88 Å². The summed E-state index contributed by atoms with van der Waals surface area (Å²) >= 11 is 5.49. The van der Waals surface area contributed by atoms with Crippen molar-refractivity contribution in [3.8, 4) is 0 Å². The number of aromatic carboxylic acids is 1. The fourth-order valence-corrected chi connectivity index (χ4v) is 1.38. The van der Waals surface area contributed by atoms with Crippen LogP contribution in [0.5, 0.6) is 0 Å². The van der Waals surface area contributed by atoms with Crippen LogP contribution < -0.4 is 0 Å². The molecule has 0 aromatic heterocycles. The molecule has 1 aromatic carbocycles. The quantitative estimate of drug-likeness (QED) is 0.779. The van der Waals surface area contributed by atoms with Gasteiger partial charge in [-0.25, -0.2) is 4.79 Å². The van der Waals surface area contributed by atoms with E-state index in [-0.39, 0.29) is 0 Å². The summed E-state index contributed by atoms with van der Waals surface area (Å²) in [5.41, 5.74) is 1.79. The number of allylic oxidation sites excluding steroid dienone is 1. The predicted molar refractivity (Wildman–Crippen MR) is 57.9 cm³/mol. The van der Waals surface area contributed by atoms with Gasteiger partial charge in [0.1, 0.15) is 0 Å². The van der Waals surface area contributed by atoms with E-state index in [9.17, 15) is 4.79 Å². The van der Waals surface area contributed by atoms with Gasteiger partial charge in [-0.2, -0.15) is 0 Å². The molecule has 14 heavy (non-hydrogen) atoms. The molecule has 0 bridgehead atoms. The standard InChI is InChI=1S/C11H11ClO2/c1-8-4-2-5-9(6-3-7-12)10(8)11(13)14/h2-6H,7H2,1H3,(H,13,14). The number of halogens is 1. The Hall–Kier alpha value is -1.28. The Labute approximate surface area is 87.8 Å². The highest BCUT2D eigenvalue weighted by Gasteiger charge is 2.09. The van der Waals surface area contributed by atoms with Gasteiger partial charge in [0.2, 0.25) is 0 Å². The lowest BCUT2D eigenvalue weighted by Gasteiger charge is -2.04. The molecule has 0 aliphatic heterocycles. The van der Waals surface area contributed by atoms with Gasteiger partial charge in [0.15, 0.2) is 0 Å². The van der Waals surface area contributed by atoms with Gasteiger partial charge in [0.25, 0.3) is 0 Å². The first kappa shape index (κ1) is 10.8. The van der Waals surface area contributed by atoms with Crippen molar-refractivity contribution in [3.63, 3.8) is 0 Å². The van der Waals surface area contributed by atoms with E-state index in [4.69, 9.17) is 16.7 Å². The van der Waals surface area contributed by atoms with E-state index in [0.29, 0.717) is 17.0 Å². The number of carboxylic acid groups (broad SMARTS) is 1. The molecule has 2 nitrogen and oxygen atoms in total. The fourth-order valence-electron chi connectivity index (χ4n) is 1.29. The zero-order chi connectivity index (χ0) is 10.6. The molecule has 0 spiro atoms. The third-order valence-corrected chi connectivity index (χ3v) is 2.08. The summed E-state index contributed by atoms with van der Waals surface area (Å²) < 4.78 is 0. The van der Waals surface area contributed by atoms with Crippen molar-refractivity contribution in [1.82, 2.24) is 0 Å². The Kier molecular flexibility index (Phi) is 3.72. The molecule has 3 heteroatoms. The van der Waals surface area contributed by atoms with Crippen LogP contribution in [0.2, 0.25) is 0 Å². The van der Waals surface area contributed by atoms with Crippen molar-refractivity contribution >= 4 is 23.6 Å². The van der Waals surface area contributed by atoms with E-state index in [1.165, 1.54) is 0 Å². The zero-order valence-electron chi connectivity index (χ0n) is 7.83. The minimum absolute atomic E-state index is 0.342. The van der Waals surface area contributed by atoms with Crippen LogP contribution in [0.15, 0.2) is 24.3 Å². The molecule has 0 saturated heterocycles. The average Bonchev–Trinajstić information content (AvgIpc) is 2.14. The lowest BCUT2D eigenvalue weighted by molar-refractivity contribution is 0.0696. The van der Waals surface area contributed by atoms with Gasteiger partial charge in [-0.15, -0.1) is 11.6 Å². The third-order valence-electron chi connectivity index (χ3n) is 1.91. The Morgan fingerprint density at radius 3 is 2.86 bits per heavy atom. The van der Waals surface area contributed by atoms with Crippen LogP contribution in [0.3, 0.4) is 0 Å². The summed E-state index contributed by atoms with van der Waals surface area (Å²) in [6, 6.07) is 5.37. The lowest BCUT2D eigenvalue weighted by Crippen LogP contribution is -2.02. The van der Waals surface area contributed by atoms with Gasteiger partial charge in [0.05, 0.1) is 5.56 Å². The van der Waals surface area contributed by atoms with Crippen molar-refractivity contribution < 1.29 is 9.90 Å². The minimum Gasteiger partial charge on any atom is -0.478 e. The summed E-state index contributed by atoms with van der Waals surface area (Å²) in [6.07, 6.45) is 3.45. The molecule has 74 valence electrons. The number of rotatable bonds is 3. The van der Waals surface area contributed by atoms with Crippen LogP contribution in [0.4, 0.5) is 0 Å². The highest BCUT2D eigenvalue weighted by Crippen LogP contribution is 2.15. The molecule has 0 fully saturated rings. The number of carboxylic acids is 1. The molecular formula is C11H11ClO2. The number of hydrogen-bond donors (Lipinski definition) is 1. The molecule has 0 unspecified atom stereocenters. The monoisotopic (exact) mass is 210 g/mol. The normalized spacial score (nSPS) is 10.7. The first-order chi connectivity index (χ1) is 6.66. The molecule has 1 rings (SSSR count). The number of carbonyl (C=O) groups is 1. The summed E-state index contributed by atoms with van der Waals surface area (Å²) in [6.45, 7) is 1.78. The number of alkyl halides is 1. The Balaban J connectivity index is 3.21. The fraction of sp³-hybridized carbons (Fsp3) is 0.182. The van der Waals surface area contributed by atoms with Gasteiger partial charge in [-0.1, -0.05) is 30.4 Å². The molecule has 0 heterocycles. The van der Waals surface area contributed by atoms with E-state index in [1.807, 2.05) is 6.07 Å². The summed E-state index contributed by atoms with van der Waals surface area (Å²) in [5.74, 6) is -0.523. The molecule has 0 aliphatic rings. The molecule has 1 N–H and O–H groups in total. The smallest absolute Gasteiger partial charge is 0.336 e. The van der Waals surface area contributed by atoms with Crippen molar-refractivity contribution in [1.29, 1.82) is 0 Å².